The number of ether oxygens (including phenoxy) is 3. The standard InChI is InChI=1S/C29H31FN2O3/c1-6-27-28(7-2)32(20-23-8-10-24(30)11-9-23)29(31-27)13-12-26-21(3)18-25(19-22(26)4)35-17-16-34-15-14-33-5/h6-11,18-19H,1-2,14-17,20H2,3-5H3. The summed E-state index contributed by atoms with van der Waals surface area (Å²) in [5.74, 6) is 7.60. The lowest BCUT2D eigenvalue weighted by atomic mass is 10.0. The fraction of sp³-hybridized carbons (Fsp3) is 0.276. The number of halogens is 1. The molecule has 0 aliphatic heterocycles. The summed E-state index contributed by atoms with van der Waals surface area (Å²) in [6.45, 7) is 14.4. The highest BCUT2D eigenvalue weighted by atomic mass is 19.1. The zero-order valence-electron chi connectivity index (χ0n) is 20.6. The summed E-state index contributed by atoms with van der Waals surface area (Å²) in [6.07, 6.45) is 3.42. The molecule has 1 heterocycles. The number of rotatable bonds is 11. The van der Waals surface area contributed by atoms with Crippen molar-refractivity contribution >= 4 is 12.2 Å². The maximum atomic E-state index is 13.4. The van der Waals surface area contributed by atoms with Crippen LogP contribution in [-0.4, -0.2) is 43.1 Å². The minimum absolute atomic E-state index is 0.271. The van der Waals surface area contributed by atoms with Gasteiger partial charge in [-0.05, 0) is 72.9 Å². The normalized spacial score (nSPS) is 10.5. The van der Waals surface area contributed by atoms with Crippen LogP contribution in [0.5, 0.6) is 5.75 Å². The lowest BCUT2D eigenvalue weighted by molar-refractivity contribution is 0.0544. The number of hydrogen-bond donors (Lipinski definition) is 0. The van der Waals surface area contributed by atoms with Crippen LogP contribution in [0.3, 0.4) is 0 Å². The van der Waals surface area contributed by atoms with Crippen LogP contribution in [0, 0.1) is 31.5 Å². The van der Waals surface area contributed by atoms with Crippen molar-refractivity contribution in [2.45, 2.75) is 20.4 Å². The van der Waals surface area contributed by atoms with Crippen molar-refractivity contribution in [2.75, 3.05) is 33.5 Å². The molecule has 0 aliphatic rings. The number of hydrogen-bond acceptors (Lipinski definition) is 4. The summed E-state index contributed by atoms with van der Waals surface area (Å²) in [4.78, 5) is 4.65. The predicted octanol–water partition coefficient (Wildman–Crippen LogP) is 5.41. The van der Waals surface area contributed by atoms with E-state index in [1.165, 1.54) is 12.1 Å². The van der Waals surface area contributed by atoms with E-state index < -0.39 is 0 Å². The number of aryl methyl sites for hydroxylation is 2. The Labute approximate surface area is 206 Å². The molecule has 35 heavy (non-hydrogen) atoms. The molecule has 2 aromatic carbocycles. The molecule has 3 rings (SSSR count). The first-order valence-electron chi connectivity index (χ1n) is 11.4. The molecule has 0 fully saturated rings. The van der Waals surface area contributed by atoms with Gasteiger partial charge in [-0.1, -0.05) is 31.2 Å². The van der Waals surface area contributed by atoms with E-state index in [9.17, 15) is 4.39 Å². The Balaban J connectivity index is 1.83. The molecule has 0 spiro atoms. The van der Waals surface area contributed by atoms with Gasteiger partial charge in [0.2, 0.25) is 0 Å². The highest BCUT2D eigenvalue weighted by Gasteiger charge is 2.13. The first-order chi connectivity index (χ1) is 17.0. The molecule has 182 valence electrons. The minimum atomic E-state index is -0.271. The Morgan fingerprint density at radius 3 is 2.29 bits per heavy atom. The quantitative estimate of drug-likeness (QED) is 0.275. The van der Waals surface area contributed by atoms with Gasteiger partial charge in [0.15, 0.2) is 5.82 Å². The second-order valence-electron chi connectivity index (χ2n) is 7.96. The maximum absolute atomic E-state index is 13.4. The van der Waals surface area contributed by atoms with Gasteiger partial charge in [-0.25, -0.2) is 9.37 Å². The third-order valence-corrected chi connectivity index (χ3v) is 5.41. The Morgan fingerprint density at radius 2 is 1.66 bits per heavy atom. The van der Waals surface area contributed by atoms with Crippen LogP contribution in [0.25, 0.3) is 12.2 Å². The summed E-state index contributed by atoms with van der Waals surface area (Å²) in [5.41, 5.74) is 5.40. The van der Waals surface area contributed by atoms with Crippen LogP contribution in [0.15, 0.2) is 49.6 Å². The van der Waals surface area contributed by atoms with E-state index in [-0.39, 0.29) is 5.82 Å². The number of imidazole rings is 1. The molecule has 0 amide bonds. The Bertz CT molecular complexity index is 1210. The zero-order chi connectivity index (χ0) is 25.2. The van der Waals surface area contributed by atoms with Crippen molar-refractivity contribution in [3.63, 3.8) is 0 Å². The molecule has 0 atom stereocenters. The summed E-state index contributed by atoms with van der Waals surface area (Å²) < 4.78 is 31.6. The molecular formula is C29H31FN2O3. The van der Waals surface area contributed by atoms with Gasteiger partial charge in [-0.15, -0.1) is 0 Å². The fourth-order valence-corrected chi connectivity index (χ4v) is 3.66. The first kappa shape index (κ1) is 26.0. The van der Waals surface area contributed by atoms with Gasteiger partial charge in [0.05, 0.1) is 37.8 Å². The average Bonchev–Trinajstić information content (AvgIpc) is 3.18. The smallest absolute Gasteiger partial charge is 0.187 e. The molecule has 6 heteroatoms. The van der Waals surface area contributed by atoms with Gasteiger partial charge in [0.25, 0.3) is 0 Å². The number of nitrogens with zero attached hydrogens (tertiary/aromatic N) is 2. The molecule has 0 saturated heterocycles. The molecule has 0 saturated carbocycles. The lowest BCUT2D eigenvalue weighted by Gasteiger charge is -2.11. The highest BCUT2D eigenvalue weighted by molar-refractivity contribution is 5.60. The Morgan fingerprint density at radius 1 is 0.971 bits per heavy atom. The molecular weight excluding hydrogens is 443 g/mol. The molecule has 3 aromatic rings. The summed E-state index contributed by atoms with van der Waals surface area (Å²) in [6, 6.07) is 10.3. The highest BCUT2D eigenvalue weighted by Crippen LogP contribution is 2.22. The largest absolute Gasteiger partial charge is 0.491 e. The van der Waals surface area contributed by atoms with E-state index in [0.717, 1.165) is 33.7 Å². The first-order valence-corrected chi connectivity index (χ1v) is 11.4. The monoisotopic (exact) mass is 474 g/mol. The maximum Gasteiger partial charge on any atom is 0.187 e. The zero-order valence-corrected chi connectivity index (χ0v) is 20.6. The van der Waals surface area contributed by atoms with Crippen molar-refractivity contribution in [3.05, 3.63) is 94.8 Å². The van der Waals surface area contributed by atoms with Gasteiger partial charge >= 0.3 is 0 Å². The van der Waals surface area contributed by atoms with E-state index in [1.54, 1.807) is 31.4 Å². The summed E-state index contributed by atoms with van der Waals surface area (Å²) >= 11 is 0. The van der Waals surface area contributed by atoms with Crippen LogP contribution in [0.2, 0.25) is 0 Å². The van der Waals surface area contributed by atoms with E-state index >= 15 is 0 Å². The van der Waals surface area contributed by atoms with Crippen molar-refractivity contribution in [1.29, 1.82) is 0 Å². The number of benzene rings is 2. The molecule has 0 bridgehead atoms. The van der Waals surface area contributed by atoms with Gasteiger partial charge in [0, 0.05) is 12.7 Å². The van der Waals surface area contributed by atoms with Crippen molar-refractivity contribution in [3.8, 4) is 17.6 Å². The van der Waals surface area contributed by atoms with Crippen LogP contribution >= 0.6 is 0 Å². The van der Waals surface area contributed by atoms with E-state index in [1.807, 2.05) is 30.5 Å². The van der Waals surface area contributed by atoms with Crippen LogP contribution in [-0.2, 0) is 16.0 Å². The van der Waals surface area contributed by atoms with Gasteiger partial charge < -0.3 is 18.8 Å². The van der Waals surface area contributed by atoms with Crippen molar-refractivity contribution < 1.29 is 18.6 Å². The molecule has 5 nitrogen and oxygen atoms in total. The fourth-order valence-electron chi connectivity index (χ4n) is 3.66. The lowest BCUT2D eigenvalue weighted by Crippen LogP contribution is -2.10. The number of aromatic nitrogens is 2. The predicted molar refractivity (Wildman–Crippen MR) is 138 cm³/mol. The van der Waals surface area contributed by atoms with Crippen molar-refractivity contribution in [2.24, 2.45) is 0 Å². The molecule has 0 radical (unpaired) electrons. The molecule has 1 aromatic heterocycles. The molecule has 0 aliphatic carbocycles. The van der Waals surface area contributed by atoms with Crippen molar-refractivity contribution in [1.82, 2.24) is 9.55 Å². The Hall–Kier alpha value is -3.66. The van der Waals surface area contributed by atoms with Crippen LogP contribution in [0.4, 0.5) is 4.39 Å². The Kier molecular flexibility index (Phi) is 9.42. The van der Waals surface area contributed by atoms with Gasteiger partial charge in [-0.3, -0.25) is 0 Å². The topological polar surface area (TPSA) is 45.5 Å². The molecule has 0 unspecified atom stereocenters. The third kappa shape index (κ3) is 6.92. The SMILES string of the molecule is C=Cc1nc(C#Cc2c(C)cc(OCCOCCOC)cc2C)n(Cc2ccc(F)cc2)c1C=C. The van der Waals surface area contributed by atoms with Gasteiger partial charge in [-0.2, -0.15) is 0 Å². The van der Waals surface area contributed by atoms with E-state index in [2.05, 4.69) is 30.0 Å². The second kappa shape index (κ2) is 12.7. The third-order valence-electron chi connectivity index (χ3n) is 5.41. The van der Waals surface area contributed by atoms with E-state index in [4.69, 9.17) is 14.2 Å². The summed E-state index contributed by atoms with van der Waals surface area (Å²) in [5, 5.41) is 0. The minimum Gasteiger partial charge on any atom is -0.491 e. The van der Waals surface area contributed by atoms with Crippen LogP contribution < -0.4 is 4.74 Å². The van der Waals surface area contributed by atoms with Gasteiger partial charge in [0.1, 0.15) is 18.2 Å². The average molecular weight is 475 g/mol. The summed E-state index contributed by atoms with van der Waals surface area (Å²) in [7, 11) is 1.64. The number of methoxy groups -OCH3 is 1. The molecule has 0 N–H and O–H groups in total. The van der Waals surface area contributed by atoms with Crippen LogP contribution in [0.1, 0.15) is 39.5 Å². The van der Waals surface area contributed by atoms with E-state index in [0.29, 0.717) is 44.5 Å². The second-order valence-corrected chi connectivity index (χ2v) is 7.96.